The van der Waals surface area contributed by atoms with Crippen molar-refractivity contribution < 1.29 is 19.8 Å². The smallest absolute Gasteiger partial charge is 0.328 e. The van der Waals surface area contributed by atoms with Gasteiger partial charge in [-0.3, -0.25) is 0 Å². The van der Waals surface area contributed by atoms with Crippen LogP contribution in [0.25, 0.3) is 0 Å². The van der Waals surface area contributed by atoms with Crippen LogP contribution in [0.1, 0.15) is 31.4 Å². The molecule has 2 aromatic carbocycles. The molecule has 0 aromatic heterocycles. The van der Waals surface area contributed by atoms with Crippen LogP contribution < -0.4 is 5.32 Å². The van der Waals surface area contributed by atoms with Crippen molar-refractivity contribution in [1.29, 1.82) is 0 Å². The Labute approximate surface area is 179 Å². The van der Waals surface area contributed by atoms with Crippen LogP contribution in [0.2, 0.25) is 5.02 Å². The van der Waals surface area contributed by atoms with Crippen molar-refractivity contribution in [2.24, 2.45) is 0 Å². The third-order valence-corrected chi connectivity index (χ3v) is 5.76. The summed E-state index contributed by atoms with van der Waals surface area (Å²) in [4.78, 5) is 20.5. The van der Waals surface area contributed by atoms with Crippen LogP contribution >= 0.6 is 23.4 Å². The maximum atomic E-state index is 9.55. The third-order valence-electron chi connectivity index (χ3n) is 4.27. The van der Waals surface area contributed by atoms with Crippen molar-refractivity contribution in [1.82, 2.24) is 5.32 Å². The number of thioether (sulfide) groups is 1. The summed E-state index contributed by atoms with van der Waals surface area (Å²) in [5, 5.41) is 20.8. The lowest BCUT2D eigenvalue weighted by Crippen LogP contribution is -2.39. The van der Waals surface area contributed by atoms with Crippen LogP contribution in [0.15, 0.2) is 71.6 Å². The van der Waals surface area contributed by atoms with Gasteiger partial charge in [-0.2, -0.15) is 0 Å². The molecule has 3 N–H and O–H groups in total. The van der Waals surface area contributed by atoms with Crippen molar-refractivity contribution in [3.05, 3.63) is 77.3 Å². The van der Waals surface area contributed by atoms with Gasteiger partial charge in [-0.15, -0.1) is 11.8 Å². The second-order valence-electron chi connectivity index (χ2n) is 6.71. The standard InChI is InChI=1S/C18H20ClNS.C4H4O4/c1-13-10-17(21-16-8-3-2-4-9-16)12-18(20-13)14-6-5-7-15(19)11-14;5-3(6)1-2-4(7)8/h2-9,11,13,17-18,20H,10,12H2,1H3;1-2H,(H,5,6)(H,7,8)/b;2-1+. The number of nitrogens with one attached hydrogen (secondary N) is 1. The summed E-state index contributed by atoms with van der Waals surface area (Å²) < 4.78 is 0. The van der Waals surface area contributed by atoms with Crippen molar-refractivity contribution in [3.63, 3.8) is 0 Å². The van der Waals surface area contributed by atoms with Crippen LogP contribution in [-0.4, -0.2) is 33.4 Å². The van der Waals surface area contributed by atoms with Gasteiger partial charge in [0.05, 0.1) is 0 Å². The molecule has 0 saturated carbocycles. The molecule has 1 heterocycles. The lowest BCUT2D eigenvalue weighted by molar-refractivity contribution is -0.134. The lowest BCUT2D eigenvalue weighted by Gasteiger charge is -2.35. The number of carboxylic acid groups (broad SMARTS) is 2. The van der Waals surface area contributed by atoms with E-state index in [0.29, 0.717) is 29.5 Å². The van der Waals surface area contributed by atoms with Gasteiger partial charge in [-0.05, 0) is 49.6 Å². The van der Waals surface area contributed by atoms with Gasteiger partial charge < -0.3 is 15.5 Å². The summed E-state index contributed by atoms with van der Waals surface area (Å²) in [5.41, 5.74) is 1.30. The van der Waals surface area contributed by atoms with E-state index in [4.69, 9.17) is 21.8 Å². The minimum atomic E-state index is -1.26. The fraction of sp³-hybridized carbons (Fsp3) is 0.273. The highest BCUT2D eigenvalue weighted by Gasteiger charge is 2.27. The highest BCUT2D eigenvalue weighted by Crippen LogP contribution is 2.36. The fourth-order valence-corrected chi connectivity index (χ4v) is 4.69. The second kappa shape index (κ2) is 11.7. The zero-order chi connectivity index (χ0) is 21.2. The van der Waals surface area contributed by atoms with Crippen molar-refractivity contribution in [2.45, 2.75) is 42.0 Å². The molecule has 7 heteroatoms. The van der Waals surface area contributed by atoms with Crippen LogP contribution in [0.5, 0.6) is 0 Å². The van der Waals surface area contributed by atoms with Crippen molar-refractivity contribution in [3.8, 4) is 0 Å². The highest BCUT2D eigenvalue weighted by atomic mass is 35.5. The first-order valence-corrected chi connectivity index (χ1v) is 10.5. The minimum Gasteiger partial charge on any atom is -0.478 e. The van der Waals surface area contributed by atoms with Crippen LogP contribution in [0, 0.1) is 0 Å². The summed E-state index contributed by atoms with van der Waals surface area (Å²) in [6, 6.07) is 19.9. The molecule has 29 heavy (non-hydrogen) atoms. The molecule has 0 bridgehead atoms. The number of aliphatic carboxylic acids is 2. The largest absolute Gasteiger partial charge is 0.478 e. The first-order valence-electron chi connectivity index (χ1n) is 9.20. The first kappa shape index (κ1) is 23.0. The van der Waals surface area contributed by atoms with Crippen LogP contribution in [0.3, 0.4) is 0 Å². The second-order valence-corrected chi connectivity index (χ2v) is 8.52. The van der Waals surface area contributed by atoms with Gasteiger partial charge in [-0.25, -0.2) is 9.59 Å². The average molecular weight is 434 g/mol. The van der Waals surface area contributed by atoms with E-state index < -0.39 is 11.9 Å². The Hall–Kier alpha value is -2.28. The van der Waals surface area contributed by atoms with E-state index in [1.807, 2.05) is 23.9 Å². The van der Waals surface area contributed by atoms with E-state index in [9.17, 15) is 9.59 Å². The third kappa shape index (κ3) is 8.73. The monoisotopic (exact) mass is 433 g/mol. The summed E-state index contributed by atoms with van der Waals surface area (Å²) in [6.07, 6.45) is 3.46. The number of hydrogen-bond acceptors (Lipinski definition) is 4. The molecular formula is C22H24ClNO4S. The number of rotatable bonds is 5. The molecule has 5 nitrogen and oxygen atoms in total. The zero-order valence-electron chi connectivity index (χ0n) is 16.0. The molecule has 3 rings (SSSR count). The molecule has 1 aliphatic heterocycles. The fourth-order valence-electron chi connectivity index (χ4n) is 3.12. The van der Waals surface area contributed by atoms with Gasteiger partial charge in [0.2, 0.25) is 0 Å². The van der Waals surface area contributed by atoms with E-state index in [2.05, 4.69) is 54.7 Å². The molecule has 0 aliphatic carbocycles. The molecule has 0 radical (unpaired) electrons. The van der Waals surface area contributed by atoms with E-state index in [1.165, 1.54) is 16.9 Å². The van der Waals surface area contributed by atoms with Crippen molar-refractivity contribution >= 4 is 35.3 Å². The summed E-state index contributed by atoms with van der Waals surface area (Å²) in [5.74, 6) is -2.51. The molecule has 154 valence electrons. The van der Waals surface area contributed by atoms with E-state index in [1.54, 1.807) is 0 Å². The predicted molar refractivity (Wildman–Crippen MR) is 117 cm³/mol. The molecular weight excluding hydrogens is 410 g/mol. The number of carbonyl (C=O) groups is 2. The summed E-state index contributed by atoms with van der Waals surface area (Å²) >= 11 is 8.13. The maximum Gasteiger partial charge on any atom is 0.328 e. The Balaban J connectivity index is 0.000000321. The van der Waals surface area contributed by atoms with E-state index in [0.717, 1.165) is 11.4 Å². The Morgan fingerprint density at radius 3 is 2.28 bits per heavy atom. The number of piperidine rings is 1. The average Bonchev–Trinajstić information content (AvgIpc) is 2.67. The molecule has 1 aliphatic rings. The topological polar surface area (TPSA) is 86.6 Å². The molecule has 2 aromatic rings. The number of benzene rings is 2. The van der Waals surface area contributed by atoms with Gasteiger partial charge in [0.1, 0.15) is 0 Å². The number of halogens is 1. The molecule has 0 spiro atoms. The predicted octanol–water partition coefficient (Wildman–Crippen LogP) is 5.03. The Morgan fingerprint density at radius 2 is 1.69 bits per heavy atom. The van der Waals surface area contributed by atoms with E-state index in [-0.39, 0.29) is 0 Å². The molecule has 1 saturated heterocycles. The maximum absolute atomic E-state index is 9.55. The van der Waals surface area contributed by atoms with Gasteiger partial charge >= 0.3 is 11.9 Å². The Bertz CT molecular complexity index is 828. The Kier molecular flexibility index (Phi) is 9.25. The molecule has 3 unspecified atom stereocenters. The zero-order valence-corrected chi connectivity index (χ0v) is 17.6. The number of carboxylic acids is 2. The van der Waals surface area contributed by atoms with Crippen LogP contribution in [0.4, 0.5) is 0 Å². The van der Waals surface area contributed by atoms with Gasteiger partial charge in [-0.1, -0.05) is 41.9 Å². The minimum absolute atomic E-state index is 0.397. The highest BCUT2D eigenvalue weighted by molar-refractivity contribution is 8.00. The SMILES string of the molecule is CC1CC(Sc2ccccc2)CC(c2cccc(Cl)c2)N1.O=C(O)/C=C/C(=O)O. The number of hydrogen-bond donors (Lipinski definition) is 3. The lowest BCUT2D eigenvalue weighted by atomic mass is 9.94. The quantitative estimate of drug-likeness (QED) is 0.573. The Morgan fingerprint density at radius 1 is 1.03 bits per heavy atom. The normalized spacial score (nSPS) is 21.2. The van der Waals surface area contributed by atoms with E-state index >= 15 is 0 Å². The molecule has 1 fully saturated rings. The van der Waals surface area contributed by atoms with Gasteiger partial charge in [0.15, 0.2) is 0 Å². The van der Waals surface area contributed by atoms with Gasteiger partial charge in [0.25, 0.3) is 0 Å². The van der Waals surface area contributed by atoms with Crippen molar-refractivity contribution in [2.75, 3.05) is 0 Å². The van der Waals surface area contributed by atoms with Crippen LogP contribution in [-0.2, 0) is 9.59 Å². The first-order chi connectivity index (χ1) is 13.8. The molecule has 0 amide bonds. The van der Waals surface area contributed by atoms with Gasteiger partial charge in [0, 0.05) is 39.4 Å². The molecule has 3 atom stereocenters. The summed E-state index contributed by atoms with van der Waals surface area (Å²) in [7, 11) is 0. The summed E-state index contributed by atoms with van der Waals surface area (Å²) in [6.45, 7) is 2.27.